The summed E-state index contributed by atoms with van der Waals surface area (Å²) in [5.41, 5.74) is 3.79. The van der Waals surface area contributed by atoms with E-state index < -0.39 is 5.60 Å². The minimum absolute atomic E-state index is 0.183. The summed E-state index contributed by atoms with van der Waals surface area (Å²) in [5.74, 6) is 0. The summed E-state index contributed by atoms with van der Waals surface area (Å²) < 4.78 is 5.50. The predicted molar refractivity (Wildman–Crippen MR) is 115 cm³/mol. The number of hydrogen-bond donors (Lipinski definition) is 1. The van der Waals surface area contributed by atoms with Gasteiger partial charge in [-0.25, -0.2) is 4.79 Å². The van der Waals surface area contributed by atoms with Gasteiger partial charge in [-0.05, 0) is 70.1 Å². The second kappa shape index (κ2) is 9.17. The molecule has 0 aromatic heterocycles. The van der Waals surface area contributed by atoms with Crippen molar-refractivity contribution in [3.63, 3.8) is 0 Å². The predicted octanol–water partition coefficient (Wildman–Crippen LogP) is 4.34. The first kappa shape index (κ1) is 21.0. The van der Waals surface area contributed by atoms with E-state index in [1.807, 2.05) is 25.7 Å². The molecule has 2 fully saturated rings. The van der Waals surface area contributed by atoms with E-state index >= 15 is 0 Å². The Hall–Kier alpha value is -1.75. The van der Waals surface area contributed by atoms with Crippen LogP contribution in [0.15, 0.2) is 18.2 Å². The molecule has 28 heavy (non-hydrogen) atoms. The van der Waals surface area contributed by atoms with Gasteiger partial charge in [-0.2, -0.15) is 0 Å². The Morgan fingerprint density at radius 1 is 1.14 bits per heavy atom. The molecule has 2 aliphatic rings. The molecule has 1 amide bonds. The van der Waals surface area contributed by atoms with Gasteiger partial charge in [0.1, 0.15) is 5.60 Å². The smallest absolute Gasteiger partial charge is 0.410 e. The number of piperidine rings is 1. The van der Waals surface area contributed by atoms with Gasteiger partial charge < -0.3 is 19.9 Å². The lowest BCUT2D eigenvalue weighted by molar-refractivity contribution is 0.0198. The molecular formula is C23H37N3O2. The number of carbonyl (C=O) groups is 1. The lowest BCUT2D eigenvalue weighted by atomic mass is 10.0. The van der Waals surface area contributed by atoms with Crippen molar-refractivity contribution in [2.75, 3.05) is 31.1 Å². The highest BCUT2D eigenvalue weighted by molar-refractivity contribution is 5.68. The zero-order valence-electron chi connectivity index (χ0n) is 18.1. The van der Waals surface area contributed by atoms with Crippen molar-refractivity contribution in [3.05, 3.63) is 29.3 Å². The summed E-state index contributed by atoms with van der Waals surface area (Å²) in [6.45, 7) is 12.7. The molecule has 3 rings (SSSR count). The Balaban J connectivity index is 1.53. The molecule has 2 heterocycles. The molecule has 0 radical (unpaired) electrons. The van der Waals surface area contributed by atoms with Crippen molar-refractivity contribution in [2.24, 2.45) is 0 Å². The molecule has 1 aromatic rings. The summed E-state index contributed by atoms with van der Waals surface area (Å²) >= 11 is 0. The molecule has 1 aromatic carbocycles. The number of amides is 1. The number of rotatable bonds is 5. The van der Waals surface area contributed by atoms with Gasteiger partial charge in [0.15, 0.2) is 0 Å². The third-order valence-corrected chi connectivity index (χ3v) is 5.73. The number of ether oxygens (including phenoxy) is 1. The van der Waals surface area contributed by atoms with Gasteiger partial charge in [0, 0.05) is 44.5 Å². The van der Waals surface area contributed by atoms with Crippen LogP contribution in [0.5, 0.6) is 0 Å². The third kappa shape index (κ3) is 5.63. The molecule has 0 bridgehead atoms. The lowest BCUT2D eigenvalue weighted by Gasteiger charge is -2.34. The van der Waals surface area contributed by atoms with E-state index in [1.54, 1.807) is 0 Å². The highest BCUT2D eigenvalue weighted by Crippen LogP contribution is 2.27. The number of likely N-dealkylation sites (tertiary alicyclic amines) is 1. The minimum Gasteiger partial charge on any atom is -0.444 e. The van der Waals surface area contributed by atoms with Crippen molar-refractivity contribution in [3.8, 4) is 0 Å². The van der Waals surface area contributed by atoms with Crippen molar-refractivity contribution in [1.29, 1.82) is 0 Å². The van der Waals surface area contributed by atoms with E-state index in [0.717, 1.165) is 38.9 Å². The summed E-state index contributed by atoms with van der Waals surface area (Å²) in [6.07, 6.45) is 5.45. The molecule has 0 spiro atoms. The quantitative estimate of drug-likeness (QED) is 0.816. The third-order valence-electron chi connectivity index (χ3n) is 5.73. The Morgan fingerprint density at radius 3 is 2.43 bits per heavy atom. The fraction of sp³-hybridized carbons (Fsp3) is 0.696. The van der Waals surface area contributed by atoms with Gasteiger partial charge in [-0.1, -0.05) is 19.1 Å². The van der Waals surface area contributed by atoms with Gasteiger partial charge in [0.05, 0.1) is 0 Å². The number of benzene rings is 1. The molecule has 0 saturated carbocycles. The first-order chi connectivity index (χ1) is 13.4. The van der Waals surface area contributed by atoms with E-state index in [1.165, 1.54) is 42.7 Å². The van der Waals surface area contributed by atoms with Crippen LogP contribution in [0.3, 0.4) is 0 Å². The van der Waals surface area contributed by atoms with Crippen LogP contribution in [0.1, 0.15) is 64.5 Å². The first-order valence-corrected chi connectivity index (χ1v) is 10.9. The van der Waals surface area contributed by atoms with E-state index in [-0.39, 0.29) is 6.09 Å². The standard InChI is InChI=1S/C23H37N3O2/c1-5-18-8-9-19(21(16-18)25-12-6-7-13-25)17-24-20-10-14-26(15-11-20)22(27)28-23(2,3)4/h8-9,16,20,24H,5-7,10-15,17H2,1-4H3. The number of hydrogen-bond acceptors (Lipinski definition) is 4. The van der Waals surface area contributed by atoms with Gasteiger partial charge in [-0.3, -0.25) is 0 Å². The van der Waals surface area contributed by atoms with Gasteiger partial charge in [0.2, 0.25) is 0 Å². The molecule has 0 unspecified atom stereocenters. The van der Waals surface area contributed by atoms with Crippen LogP contribution in [0.25, 0.3) is 0 Å². The zero-order valence-corrected chi connectivity index (χ0v) is 18.1. The first-order valence-electron chi connectivity index (χ1n) is 10.9. The minimum atomic E-state index is -0.428. The number of nitrogens with zero attached hydrogens (tertiary/aromatic N) is 2. The average molecular weight is 388 g/mol. The van der Waals surface area contributed by atoms with Crippen LogP contribution < -0.4 is 10.2 Å². The highest BCUT2D eigenvalue weighted by atomic mass is 16.6. The largest absolute Gasteiger partial charge is 0.444 e. The Morgan fingerprint density at radius 2 is 1.82 bits per heavy atom. The van der Waals surface area contributed by atoms with Crippen LogP contribution in [-0.2, 0) is 17.7 Å². The van der Waals surface area contributed by atoms with E-state index in [2.05, 4.69) is 35.3 Å². The molecule has 5 heteroatoms. The Kier molecular flexibility index (Phi) is 6.86. The van der Waals surface area contributed by atoms with Crippen molar-refractivity contribution < 1.29 is 9.53 Å². The fourth-order valence-corrected chi connectivity index (χ4v) is 4.08. The molecule has 156 valence electrons. The summed E-state index contributed by atoms with van der Waals surface area (Å²) in [5, 5.41) is 3.74. The Labute approximate surface area is 170 Å². The molecule has 5 nitrogen and oxygen atoms in total. The van der Waals surface area contributed by atoms with Crippen LogP contribution in [0.2, 0.25) is 0 Å². The van der Waals surface area contributed by atoms with E-state index in [4.69, 9.17) is 4.74 Å². The number of aryl methyl sites for hydroxylation is 1. The molecule has 2 aliphatic heterocycles. The van der Waals surface area contributed by atoms with Crippen molar-refractivity contribution in [2.45, 2.75) is 78.0 Å². The number of anilines is 1. The summed E-state index contributed by atoms with van der Waals surface area (Å²) in [4.78, 5) is 16.6. The summed E-state index contributed by atoms with van der Waals surface area (Å²) in [6, 6.07) is 7.40. The molecule has 0 aliphatic carbocycles. The summed E-state index contributed by atoms with van der Waals surface area (Å²) in [7, 11) is 0. The normalized spacial score (nSPS) is 18.6. The molecule has 2 saturated heterocycles. The lowest BCUT2D eigenvalue weighted by Crippen LogP contribution is -2.46. The van der Waals surface area contributed by atoms with Gasteiger partial charge in [-0.15, -0.1) is 0 Å². The SMILES string of the molecule is CCc1ccc(CNC2CCN(C(=O)OC(C)(C)C)CC2)c(N2CCCC2)c1. The van der Waals surface area contributed by atoms with Crippen molar-refractivity contribution >= 4 is 11.8 Å². The maximum atomic E-state index is 12.2. The Bertz CT molecular complexity index is 654. The maximum absolute atomic E-state index is 12.2. The number of nitrogens with one attached hydrogen (secondary N) is 1. The zero-order chi connectivity index (χ0) is 20.1. The maximum Gasteiger partial charge on any atom is 0.410 e. The van der Waals surface area contributed by atoms with E-state index in [9.17, 15) is 4.79 Å². The van der Waals surface area contributed by atoms with Gasteiger partial charge >= 0.3 is 6.09 Å². The average Bonchev–Trinajstić information content (AvgIpc) is 3.20. The van der Waals surface area contributed by atoms with Crippen molar-refractivity contribution in [1.82, 2.24) is 10.2 Å². The van der Waals surface area contributed by atoms with Crippen LogP contribution >= 0.6 is 0 Å². The van der Waals surface area contributed by atoms with E-state index in [0.29, 0.717) is 6.04 Å². The highest BCUT2D eigenvalue weighted by Gasteiger charge is 2.27. The monoisotopic (exact) mass is 387 g/mol. The second-order valence-corrected chi connectivity index (χ2v) is 9.13. The molecular weight excluding hydrogens is 350 g/mol. The fourth-order valence-electron chi connectivity index (χ4n) is 4.08. The van der Waals surface area contributed by atoms with Crippen LogP contribution in [-0.4, -0.2) is 48.8 Å². The molecule has 0 atom stereocenters. The van der Waals surface area contributed by atoms with Crippen LogP contribution in [0, 0.1) is 0 Å². The topological polar surface area (TPSA) is 44.8 Å². The van der Waals surface area contributed by atoms with Gasteiger partial charge in [0.25, 0.3) is 0 Å². The van der Waals surface area contributed by atoms with Crippen LogP contribution in [0.4, 0.5) is 10.5 Å². The second-order valence-electron chi connectivity index (χ2n) is 9.13. The molecule has 1 N–H and O–H groups in total. The number of carbonyl (C=O) groups excluding carboxylic acids is 1.